The van der Waals surface area contributed by atoms with Gasteiger partial charge in [-0.25, -0.2) is 0 Å². The maximum Gasteiger partial charge on any atom is 0.316 e. The standard InChI is InChI=1S/C13H16N2O2/c1-3-17-13(16)11-9-14-15(2)12(11)10-7-5-4-6-8-10/h4-9,11-12H,3H2,1-2H3/t11-,12-/m1/s1. The third-order valence-corrected chi connectivity index (χ3v) is 2.85. The van der Waals surface area contributed by atoms with Crippen LogP contribution >= 0.6 is 0 Å². The first-order valence-electron chi connectivity index (χ1n) is 5.72. The van der Waals surface area contributed by atoms with E-state index in [0.29, 0.717) is 6.61 Å². The average molecular weight is 232 g/mol. The highest BCUT2D eigenvalue weighted by Crippen LogP contribution is 2.31. The maximum absolute atomic E-state index is 11.8. The lowest BCUT2D eigenvalue weighted by Gasteiger charge is -2.23. The third kappa shape index (κ3) is 2.30. The van der Waals surface area contributed by atoms with Gasteiger partial charge >= 0.3 is 5.97 Å². The lowest BCUT2D eigenvalue weighted by Crippen LogP contribution is -2.28. The van der Waals surface area contributed by atoms with E-state index in [1.165, 1.54) is 0 Å². The molecule has 2 atom stereocenters. The molecule has 0 bridgehead atoms. The molecule has 1 heterocycles. The largest absolute Gasteiger partial charge is 0.465 e. The Hall–Kier alpha value is -1.84. The van der Waals surface area contributed by atoms with Gasteiger partial charge in [0.15, 0.2) is 0 Å². The van der Waals surface area contributed by atoms with E-state index in [1.807, 2.05) is 44.3 Å². The molecule has 4 nitrogen and oxygen atoms in total. The van der Waals surface area contributed by atoms with Crippen LogP contribution in [0.25, 0.3) is 0 Å². The van der Waals surface area contributed by atoms with Gasteiger partial charge in [0, 0.05) is 13.3 Å². The molecule has 4 heteroatoms. The van der Waals surface area contributed by atoms with Crippen molar-refractivity contribution in [1.82, 2.24) is 5.01 Å². The summed E-state index contributed by atoms with van der Waals surface area (Å²) in [6.07, 6.45) is 1.66. The Morgan fingerprint density at radius 1 is 1.41 bits per heavy atom. The van der Waals surface area contributed by atoms with Gasteiger partial charge in [0.1, 0.15) is 5.92 Å². The summed E-state index contributed by atoms with van der Waals surface area (Å²) >= 11 is 0. The minimum atomic E-state index is -0.317. The van der Waals surface area contributed by atoms with Crippen molar-refractivity contribution in [3.05, 3.63) is 35.9 Å². The van der Waals surface area contributed by atoms with Crippen LogP contribution in [0.2, 0.25) is 0 Å². The summed E-state index contributed by atoms with van der Waals surface area (Å²) in [5, 5.41) is 5.99. The van der Waals surface area contributed by atoms with Crippen molar-refractivity contribution in [2.75, 3.05) is 13.7 Å². The summed E-state index contributed by atoms with van der Waals surface area (Å²) in [7, 11) is 1.87. The van der Waals surface area contributed by atoms with E-state index in [1.54, 1.807) is 11.2 Å². The number of benzene rings is 1. The Labute approximate surface area is 101 Å². The predicted octanol–water partition coefficient (Wildman–Crippen LogP) is 1.84. The van der Waals surface area contributed by atoms with Crippen LogP contribution in [0.1, 0.15) is 18.5 Å². The fourth-order valence-corrected chi connectivity index (χ4v) is 2.06. The molecule has 1 aromatic rings. The van der Waals surface area contributed by atoms with Crippen LogP contribution in [-0.4, -0.2) is 30.8 Å². The van der Waals surface area contributed by atoms with Crippen LogP contribution < -0.4 is 0 Å². The van der Waals surface area contributed by atoms with Crippen LogP contribution in [0.5, 0.6) is 0 Å². The van der Waals surface area contributed by atoms with Gasteiger partial charge in [-0.1, -0.05) is 30.3 Å². The number of esters is 1. The first-order chi connectivity index (χ1) is 8.24. The molecule has 1 aliphatic rings. The zero-order valence-corrected chi connectivity index (χ0v) is 10.0. The van der Waals surface area contributed by atoms with Crippen molar-refractivity contribution in [3.63, 3.8) is 0 Å². The number of hydrogen-bond acceptors (Lipinski definition) is 4. The summed E-state index contributed by atoms with van der Waals surface area (Å²) in [4.78, 5) is 11.8. The second-order valence-electron chi connectivity index (χ2n) is 3.97. The summed E-state index contributed by atoms with van der Waals surface area (Å²) in [6.45, 7) is 2.21. The molecule has 0 saturated carbocycles. The predicted molar refractivity (Wildman–Crippen MR) is 65.6 cm³/mol. The molecule has 0 aromatic heterocycles. The lowest BCUT2D eigenvalue weighted by atomic mass is 9.95. The molecule has 0 saturated heterocycles. The Balaban J connectivity index is 2.22. The second kappa shape index (κ2) is 4.99. The molecular formula is C13H16N2O2. The van der Waals surface area contributed by atoms with Gasteiger partial charge in [0.05, 0.1) is 12.6 Å². The molecule has 2 rings (SSSR count). The minimum absolute atomic E-state index is 0.0600. The smallest absolute Gasteiger partial charge is 0.316 e. The van der Waals surface area contributed by atoms with Gasteiger partial charge in [-0.05, 0) is 12.5 Å². The molecule has 1 aromatic carbocycles. The third-order valence-electron chi connectivity index (χ3n) is 2.85. The van der Waals surface area contributed by atoms with Crippen LogP contribution in [0, 0.1) is 5.92 Å². The number of carbonyl (C=O) groups is 1. The molecule has 0 spiro atoms. The zero-order chi connectivity index (χ0) is 12.3. The lowest BCUT2D eigenvalue weighted by molar-refractivity contribution is -0.146. The quantitative estimate of drug-likeness (QED) is 0.747. The van der Waals surface area contributed by atoms with Gasteiger partial charge in [0.2, 0.25) is 0 Å². The van der Waals surface area contributed by atoms with Crippen LogP contribution in [0.15, 0.2) is 35.4 Å². The maximum atomic E-state index is 11.8. The SMILES string of the molecule is CCOC(=O)[C@@H]1C=NN(C)[C@@H]1c1ccccc1. The second-order valence-corrected chi connectivity index (χ2v) is 3.97. The van der Waals surface area contributed by atoms with Crippen molar-refractivity contribution in [2.45, 2.75) is 13.0 Å². The van der Waals surface area contributed by atoms with Crippen molar-refractivity contribution < 1.29 is 9.53 Å². The first-order valence-corrected chi connectivity index (χ1v) is 5.72. The molecule has 1 aliphatic heterocycles. The molecule has 0 unspecified atom stereocenters. The van der Waals surface area contributed by atoms with E-state index in [0.717, 1.165) is 5.56 Å². The number of carbonyl (C=O) groups excluding carboxylic acids is 1. The van der Waals surface area contributed by atoms with E-state index in [4.69, 9.17) is 4.74 Å². The molecule has 0 amide bonds. The summed E-state index contributed by atoms with van der Waals surface area (Å²) in [5.41, 5.74) is 1.07. The first kappa shape index (κ1) is 11.6. The van der Waals surface area contributed by atoms with E-state index in [-0.39, 0.29) is 17.9 Å². The number of nitrogens with zero attached hydrogens (tertiary/aromatic N) is 2. The number of hydrogen-bond donors (Lipinski definition) is 0. The van der Waals surface area contributed by atoms with E-state index >= 15 is 0 Å². The normalized spacial score (nSPS) is 22.8. The molecule has 0 fully saturated rings. The highest BCUT2D eigenvalue weighted by molar-refractivity contribution is 5.92. The zero-order valence-electron chi connectivity index (χ0n) is 10.0. The van der Waals surface area contributed by atoms with Gasteiger partial charge in [0.25, 0.3) is 0 Å². The molecular weight excluding hydrogens is 216 g/mol. The van der Waals surface area contributed by atoms with Crippen molar-refractivity contribution in [1.29, 1.82) is 0 Å². The van der Waals surface area contributed by atoms with Gasteiger partial charge in [-0.3, -0.25) is 9.80 Å². The van der Waals surface area contributed by atoms with Crippen molar-refractivity contribution >= 4 is 12.2 Å². The fraction of sp³-hybridized carbons (Fsp3) is 0.385. The highest BCUT2D eigenvalue weighted by Gasteiger charge is 2.36. The Kier molecular flexibility index (Phi) is 3.42. The fourth-order valence-electron chi connectivity index (χ4n) is 2.06. The van der Waals surface area contributed by atoms with E-state index in [2.05, 4.69) is 5.10 Å². The molecule has 0 radical (unpaired) electrons. The van der Waals surface area contributed by atoms with E-state index in [9.17, 15) is 4.79 Å². The summed E-state index contributed by atoms with van der Waals surface area (Å²) < 4.78 is 5.07. The highest BCUT2D eigenvalue weighted by atomic mass is 16.5. The van der Waals surface area contributed by atoms with Crippen LogP contribution in [0.4, 0.5) is 0 Å². The van der Waals surface area contributed by atoms with Gasteiger partial charge in [-0.15, -0.1) is 0 Å². The Morgan fingerprint density at radius 2 is 2.12 bits per heavy atom. The van der Waals surface area contributed by atoms with Crippen molar-refractivity contribution in [3.8, 4) is 0 Å². The number of ether oxygens (including phenoxy) is 1. The topological polar surface area (TPSA) is 41.9 Å². The minimum Gasteiger partial charge on any atom is -0.465 e. The number of rotatable bonds is 3. The van der Waals surface area contributed by atoms with Crippen LogP contribution in [-0.2, 0) is 9.53 Å². The van der Waals surface area contributed by atoms with Crippen molar-refractivity contribution in [2.24, 2.45) is 11.0 Å². The summed E-state index contributed by atoms with van der Waals surface area (Å²) in [5.74, 6) is -0.531. The molecule has 0 N–H and O–H groups in total. The monoisotopic (exact) mass is 232 g/mol. The molecule has 17 heavy (non-hydrogen) atoms. The number of hydrazone groups is 1. The molecule has 90 valence electrons. The van der Waals surface area contributed by atoms with Crippen LogP contribution in [0.3, 0.4) is 0 Å². The van der Waals surface area contributed by atoms with E-state index < -0.39 is 0 Å². The summed E-state index contributed by atoms with van der Waals surface area (Å²) in [6, 6.07) is 9.83. The Morgan fingerprint density at radius 3 is 2.76 bits per heavy atom. The van der Waals surface area contributed by atoms with Gasteiger partial charge in [-0.2, -0.15) is 5.10 Å². The Bertz CT molecular complexity index is 417. The molecule has 0 aliphatic carbocycles. The average Bonchev–Trinajstić information content (AvgIpc) is 2.73. The van der Waals surface area contributed by atoms with Gasteiger partial charge < -0.3 is 4.74 Å².